The third-order valence-corrected chi connectivity index (χ3v) is 3.58. The molecule has 1 unspecified atom stereocenters. The summed E-state index contributed by atoms with van der Waals surface area (Å²) in [6.45, 7) is 3.91. The number of rotatable bonds is 7. The highest BCUT2D eigenvalue weighted by molar-refractivity contribution is 5.81. The van der Waals surface area contributed by atoms with Crippen LogP contribution in [0.15, 0.2) is 0 Å². The van der Waals surface area contributed by atoms with Gasteiger partial charge < -0.3 is 15.5 Å². The first kappa shape index (κ1) is 15.4. The van der Waals surface area contributed by atoms with Gasteiger partial charge in [-0.05, 0) is 53.4 Å². The molecular formula is C14H29N3O. The Morgan fingerprint density at radius 1 is 1.28 bits per heavy atom. The summed E-state index contributed by atoms with van der Waals surface area (Å²) in [4.78, 5) is 14.1. The maximum atomic E-state index is 12.0. The summed E-state index contributed by atoms with van der Waals surface area (Å²) in [5.74, 6) is 0.159. The van der Waals surface area contributed by atoms with Gasteiger partial charge in [-0.15, -0.1) is 0 Å². The number of nitrogens with one attached hydrogen (secondary N) is 2. The lowest BCUT2D eigenvalue weighted by Gasteiger charge is -2.24. The van der Waals surface area contributed by atoms with Gasteiger partial charge in [-0.25, -0.2) is 0 Å². The van der Waals surface area contributed by atoms with E-state index in [4.69, 9.17) is 0 Å². The van der Waals surface area contributed by atoms with E-state index in [1.165, 1.54) is 19.3 Å². The molecule has 1 amide bonds. The van der Waals surface area contributed by atoms with Gasteiger partial charge in [-0.3, -0.25) is 4.79 Å². The van der Waals surface area contributed by atoms with Gasteiger partial charge in [-0.2, -0.15) is 0 Å². The predicted molar refractivity (Wildman–Crippen MR) is 75.7 cm³/mol. The molecule has 0 bridgehead atoms. The van der Waals surface area contributed by atoms with E-state index in [1.54, 1.807) is 0 Å². The molecule has 0 aromatic heterocycles. The van der Waals surface area contributed by atoms with Crippen LogP contribution >= 0.6 is 0 Å². The first-order valence-corrected chi connectivity index (χ1v) is 7.28. The molecule has 2 N–H and O–H groups in total. The summed E-state index contributed by atoms with van der Waals surface area (Å²) in [5.41, 5.74) is 0. The van der Waals surface area contributed by atoms with Crippen LogP contribution in [0.4, 0.5) is 0 Å². The van der Waals surface area contributed by atoms with Crippen molar-refractivity contribution in [3.8, 4) is 0 Å². The summed E-state index contributed by atoms with van der Waals surface area (Å²) in [6, 6.07) is 0.339. The van der Waals surface area contributed by atoms with Gasteiger partial charge in [0, 0.05) is 6.04 Å². The smallest absolute Gasteiger partial charge is 0.237 e. The molecule has 18 heavy (non-hydrogen) atoms. The first-order chi connectivity index (χ1) is 8.59. The molecule has 0 heterocycles. The number of carbonyl (C=O) groups is 1. The number of amides is 1. The summed E-state index contributed by atoms with van der Waals surface area (Å²) in [6.07, 6.45) is 7.22. The Morgan fingerprint density at radius 3 is 2.56 bits per heavy atom. The largest absolute Gasteiger partial charge is 0.352 e. The van der Waals surface area contributed by atoms with Crippen molar-refractivity contribution < 1.29 is 4.79 Å². The van der Waals surface area contributed by atoms with Crippen LogP contribution in [-0.2, 0) is 4.79 Å². The molecule has 4 nitrogen and oxygen atoms in total. The lowest BCUT2D eigenvalue weighted by atomic mass is 9.95. The minimum Gasteiger partial charge on any atom is -0.352 e. The van der Waals surface area contributed by atoms with Crippen LogP contribution in [0.5, 0.6) is 0 Å². The Morgan fingerprint density at radius 2 is 1.94 bits per heavy atom. The van der Waals surface area contributed by atoms with Crippen molar-refractivity contribution in [3.05, 3.63) is 0 Å². The zero-order valence-electron chi connectivity index (χ0n) is 12.2. The molecule has 1 atom stereocenters. The van der Waals surface area contributed by atoms with Crippen molar-refractivity contribution in [2.45, 2.75) is 57.5 Å². The molecule has 0 spiro atoms. The van der Waals surface area contributed by atoms with E-state index < -0.39 is 0 Å². The van der Waals surface area contributed by atoms with Gasteiger partial charge in [0.05, 0.1) is 6.04 Å². The maximum Gasteiger partial charge on any atom is 0.237 e. The molecule has 1 rings (SSSR count). The van der Waals surface area contributed by atoms with Crippen molar-refractivity contribution in [1.29, 1.82) is 0 Å². The van der Waals surface area contributed by atoms with E-state index in [0.717, 1.165) is 32.4 Å². The number of nitrogens with zero attached hydrogens (tertiary/aromatic N) is 1. The van der Waals surface area contributed by atoms with Crippen LogP contribution < -0.4 is 10.6 Å². The normalized spacial score (nSPS) is 18.9. The molecule has 4 heteroatoms. The maximum absolute atomic E-state index is 12.0. The zero-order chi connectivity index (χ0) is 13.4. The van der Waals surface area contributed by atoms with Crippen molar-refractivity contribution in [2.75, 3.05) is 27.2 Å². The first-order valence-electron chi connectivity index (χ1n) is 7.28. The number of hydrogen-bond acceptors (Lipinski definition) is 3. The predicted octanol–water partition coefficient (Wildman–Crippen LogP) is 1.37. The molecule has 1 saturated carbocycles. The van der Waals surface area contributed by atoms with Crippen LogP contribution in [0.25, 0.3) is 0 Å². The fourth-order valence-electron chi connectivity index (χ4n) is 2.38. The van der Waals surface area contributed by atoms with Crippen LogP contribution in [0.3, 0.4) is 0 Å². The fraction of sp³-hybridized carbons (Fsp3) is 0.929. The third-order valence-electron chi connectivity index (χ3n) is 3.58. The van der Waals surface area contributed by atoms with Crippen LogP contribution in [0.1, 0.15) is 45.4 Å². The number of carbonyl (C=O) groups excluding carboxylic acids is 1. The molecule has 0 aromatic carbocycles. The van der Waals surface area contributed by atoms with Gasteiger partial charge in [-0.1, -0.05) is 19.3 Å². The average molecular weight is 255 g/mol. The molecule has 106 valence electrons. The van der Waals surface area contributed by atoms with Gasteiger partial charge in [0.15, 0.2) is 0 Å². The van der Waals surface area contributed by atoms with Crippen molar-refractivity contribution in [1.82, 2.24) is 15.5 Å². The van der Waals surface area contributed by atoms with Gasteiger partial charge >= 0.3 is 0 Å². The minimum atomic E-state index is -0.0749. The second-order valence-electron chi connectivity index (χ2n) is 5.68. The summed E-state index contributed by atoms with van der Waals surface area (Å²) in [7, 11) is 4.14. The highest BCUT2D eigenvalue weighted by Crippen LogP contribution is 2.17. The van der Waals surface area contributed by atoms with Crippen molar-refractivity contribution in [2.24, 2.45) is 0 Å². The molecule has 0 aliphatic heterocycles. The Labute approximate surface area is 111 Å². The molecule has 0 aromatic rings. The second-order valence-corrected chi connectivity index (χ2v) is 5.68. The van der Waals surface area contributed by atoms with E-state index in [1.807, 2.05) is 6.92 Å². The Hall–Kier alpha value is -0.610. The molecule has 1 fully saturated rings. The highest BCUT2D eigenvalue weighted by Gasteiger charge is 2.18. The molecular weight excluding hydrogens is 226 g/mol. The van der Waals surface area contributed by atoms with Crippen LogP contribution in [0, 0.1) is 0 Å². The summed E-state index contributed by atoms with van der Waals surface area (Å²) < 4.78 is 0. The van der Waals surface area contributed by atoms with Gasteiger partial charge in [0.1, 0.15) is 0 Å². The molecule has 1 aliphatic carbocycles. The average Bonchev–Trinajstić information content (AvgIpc) is 2.35. The quantitative estimate of drug-likeness (QED) is 0.675. The van der Waals surface area contributed by atoms with Crippen LogP contribution in [-0.4, -0.2) is 50.1 Å². The van der Waals surface area contributed by atoms with E-state index in [-0.39, 0.29) is 11.9 Å². The Kier molecular flexibility index (Phi) is 7.28. The lowest BCUT2D eigenvalue weighted by Crippen LogP contribution is -2.47. The summed E-state index contributed by atoms with van der Waals surface area (Å²) >= 11 is 0. The summed E-state index contributed by atoms with van der Waals surface area (Å²) in [5, 5.41) is 6.45. The Balaban J connectivity index is 2.11. The van der Waals surface area contributed by atoms with Gasteiger partial charge in [0.25, 0.3) is 0 Å². The van der Waals surface area contributed by atoms with E-state index >= 15 is 0 Å². The topological polar surface area (TPSA) is 44.4 Å². The third kappa shape index (κ3) is 6.36. The monoisotopic (exact) mass is 255 g/mol. The standard InChI is InChI=1S/C14H29N3O/c1-12(15-10-7-11-17(2)3)14(18)16-13-8-5-4-6-9-13/h12-13,15H,4-11H2,1-3H3,(H,16,18). The SMILES string of the molecule is CC(NCCCN(C)C)C(=O)NC1CCCCC1. The van der Waals surface area contributed by atoms with E-state index in [9.17, 15) is 4.79 Å². The highest BCUT2D eigenvalue weighted by atomic mass is 16.2. The Bertz CT molecular complexity index is 237. The lowest BCUT2D eigenvalue weighted by molar-refractivity contribution is -0.123. The number of hydrogen-bond donors (Lipinski definition) is 2. The molecule has 1 aliphatic rings. The second kappa shape index (κ2) is 8.48. The zero-order valence-corrected chi connectivity index (χ0v) is 12.2. The van der Waals surface area contributed by atoms with E-state index in [2.05, 4.69) is 29.6 Å². The molecule has 0 radical (unpaired) electrons. The van der Waals surface area contributed by atoms with Crippen LogP contribution in [0.2, 0.25) is 0 Å². The van der Waals surface area contributed by atoms with Crippen molar-refractivity contribution >= 4 is 5.91 Å². The van der Waals surface area contributed by atoms with Gasteiger partial charge in [0.2, 0.25) is 5.91 Å². The van der Waals surface area contributed by atoms with Crippen molar-refractivity contribution in [3.63, 3.8) is 0 Å². The molecule has 0 saturated heterocycles. The minimum absolute atomic E-state index is 0.0749. The fourth-order valence-corrected chi connectivity index (χ4v) is 2.38. The van der Waals surface area contributed by atoms with E-state index in [0.29, 0.717) is 6.04 Å².